The minimum atomic E-state index is -0.226. The van der Waals surface area contributed by atoms with Gasteiger partial charge in [0.15, 0.2) is 0 Å². The largest absolute Gasteiger partial charge is 0.366 e. The molecule has 0 amide bonds. The molecule has 110 valence electrons. The number of nitrogens with zero attached hydrogens (tertiary/aromatic N) is 2. The van der Waals surface area contributed by atoms with Gasteiger partial charge in [0.1, 0.15) is 18.0 Å². The molecule has 1 heterocycles. The third kappa shape index (κ3) is 3.67. The van der Waals surface area contributed by atoms with Gasteiger partial charge in [-0.1, -0.05) is 42.5 Å². The van der Waals surface area contributed by atoms with Crippen LogP contribution in [0.1, 0.15) is 16.7 Å². The first kappa shape index (κ1) is 14.2. The summed E-state index contributed by atoms with van der Waals surface area (Å²) in [5.41, 5.74) is 3.21. The highest BCUT2D eigenvalue weighted by atomic mass is 19.1. The van der Waals surface area contributed by atoms with Gasteiger partial charge in [-0.3, -0.25) is 0 Å². The highest BCUT2D eigenvalue weighted by molar-refractivity contribution is 5.45. The standard InChI is InChI=1S/C18H16FN3/c19-17-8-6-14(7-9-17)10-16-12-20-13-22-18(16)21-11-15-4-2-1-3-5-15/h1-9,12-13H,10-11H2,(H,20,21,22). The quantitative estimate of drug-likeness (QED) is 0.777. The maximum Gasteiger partial charge on any atom is 0.133 e. The molecule has 3 nitrogen and oxygen atoms in total. The summed E-state index contributed by atoms with van der Waals surface area (Å²) in [7, 11) is 0. The van der Waals surface area contributed by atoms with Crippen LogP contribution in [-0.4, -0.2) is 9.97 Å². The Balaban J connectivity index is 1.73. The molecule has 22 heavy (non-hydrogen) atoms. The van der Waals surface area contributed by atoms with Gasteiger partial charge >= 0.3 is 0 Å². The van der Waals surface area contributed by atoms with Crippen LogP contribution in [0.15, 0.2) is 67.1 Å². The highest BCUT2D eigenvalue weighted by Gasteiger charge is 2.05. The number of nitrogens with one attached hydrogen (secondary N) is 1. The van der Waals surface area contributed by atoms with E-state index in [4.69, 9.17) is 0 Å². The third-order valence-electron chi connectivity index (χ3n) is 3.40. The molecule has 0 saturated heterocycles. The van der Waals surface area contributed by atoms with Gasteiger partial charge in [0.25, 0.3) is 0 Å². The van der Waals surface area contributed by atoms with Crippen molar-refractivity contribution >= 4 is 5.82 Å². The lowest BCUT2D eigenvalue weighted by Crippen LogP contribution is -2.05. The van der Waals surface area contributed by atoms with Crippen LogP contribution >= 0.6 is 0 Å². The smallest absolute Gasteiger partial charge is 0.133 e. The number of rotatable bonds is 5. The van der Waals surface area contributed by atoms with E-state index < -0.39 is 0 Å². The second-order valence-corrected chi connectivity index (χ2v) is 5.04. The van der Waals surface area contributed by atoms with Crippen molar-refractivity contribution in [3.63, 3.8) is 0 Å². The Morgan fingerprint density at radius 1 is 0.909 bits per heavy atom. The molecule has 0 aliphatic carbocycles. The molecule has 0 aliphatic heterocycles. The van der Waals surface area contributed by atoms with Crippen LogP contribution in [0.2, 0.25) is 0 Å². The first-order valence-electron chi connectivity index (χ1n) is 7.12. The van der Waals surface area contributed by atoms with Crippen molar-refractivity contribution in [2.75, 3.05) is 5.32 Å². The monoisotopic (exact) mass is 293 g/mol. The predicted octanol–water partition coefficient (Wildman–Crippen LogP) is 3.82. The zero-order chi connectivity index (χ0) is 15.2. The summed E-state index contributed by atoms with van der Waals surface area (Å²) >= 11 is 0. The second kappa shape index (κ2) is 6.80. The summed E-state index contributed by atoms with van der Waals surface area (Å²) in [5.74, 6) is 0.582. The second-order valence-electron chi connectivity index (χ2n) is 5.04. The number of aromatic nitrogens is 2. The minimum absolute atomic E-state index is 0.226. The van der Waals surface area contributed by atoms with Crippen molar-refractivity contribution < 1.29 is 4.39 Å². The normalized spacial score (nSPS) is 10.4. The summed E-state index contributed by atoms with van der Waals surface area (Å²) in [6.07, 6.45) is 3.99. The summed E-state index contributed by atoms with van der Waals surface area (Å²) in [6.45, 7) is 0.703. The van der Waals surface area contributed by atoms with Crippen LogP contribution < -0.4 is 5.32 Å². The lowest BCUT2D eigenvalue weighted by molar-refractivity contribution is 0.627. The SMILES string of the molecule is Fc1ccc(Cc2cncnc2NCc2ccccc2)cc1. The zero-order valence-electron chi connectivity index (χ0n) is 12.0. The molecular weight excluding hydrogens is 277 g/mol. The minimum Gasteiger partial charge on any atom is -0.366 e. The molecule has 0 aliphatic rings. The van der Waals surface area contributed by atoms with Crippen LogP contribution in [0.4, 0.5) is 10.2 Å². The molecule has 3 aromatic rings. The molecule has 0 radical (unpaired) electrons. The molecule has 0 bridgehead atoms. The molecule has 0 fully saturated rings. The molecular formula is C18H16FN3. The molecule has 0 saturated carbocycles. The van der Waals surface area contributed by atoms with E-state index in [1.807, 2.05) is 18.2 Å². The maximum absolute atomic E-state index is 13.0. The summed E-state index contributed by atoms with van der Waals surface area (Å²) in [6, 6.07) is 16.6. The molecule has 3 rings (SSSR count). The summed E-state index contributed by atoms with van der Waals surface area (Å²) < 4.78 is 13.0. The van der Waals surface area contributed by atoms with E-state index in [1.165, 1.54) is 24.0 Å². The fourth-order valence-corrected chi connectivity index (χ4v) is 2.25. The molecule has 1 aromatic heterocycles. The molecule has 0 atom stereocenters. The Morgan fingerprint density at radius 2 is 1.68 bits per heavy atom. The van der Waals surface area contributed by atoms with Crippen LogP contribution in [0.3, 0.4) is 0 Å². The van der Waals surface area contributed by atoms with Gasteiger partial charge in [-0.25, -0.2) is 14.4 Å². The molecule has 4 heteroatoms. The Labute approximate surface area is 128 Å². The van der Waals surface area contributed by atoms with Crippen LogP contribution in [-0.2, 0) is 13.0 Å². The van der Waals surface area contributed by atoms with Crippen molar-refractivity contribution in [3.8, 4) is 0 Å². The van der Waals surface area contributed by atoms with Crippen molar-refractivity contribution in [1.82, 2.24) is 9.97 Å². The van der Waals surface area contributed by atoms with Crippen LogP contribution in [0.5, 0.6) is 0 Å². The average molecular weight is 293 g/mol. The Bertz CT molecular complexity index is 727. The highest BCUT2D eigenvalue weighted by Crippen LogP contribution is 2.17. The van der Waals surface area contributed by atoms with Crippen LogP contribution in [0, 0.1) is 5.82 Å². The van der Waals surface area contributed by atoms with E-state index in [0.29, 0.717) is 13.0 Å². The van der Waals surface area contributed by atoms with Crippen molar-refractivity contribution in [1.29, 1.82) is 0 Å². The Hall–Kier alpha value is -2.75. The summed E-state index contributed by atoms with van der Waals surface area (Å²) in [5, 5.41) is 3.34. The van der Waals surface area contributed by atoms with Crippen molar-refractivity contribution in [2.24, 2.45) is 0 Å². The number of anilines is 1. The van der Waals surface area contributed by atoms with Gasteiger partial charge in [-0.2, -0.15) is 0 Å². The topological polar surface area (TPSA) is 37.8 Å². The number of halogens is 1. The van der Waals surface area contributed by atoms with E-state index in [0.717, 1.165) is 16.9 Å². The van der Waals surface area contributed by atoms with Crippen LogP contribution in [0.25, 0.3) is 0 Å². The van der Waals surface area contributed by atoms with Gasteiger partial charge in [0.05, 0.1) is 0 Å². The maximum atomic E-state index is 13.0. The molecule has 1 N–H and O–H groups in total. The van der Waals surface area contributed by atoms with E-state index in [-0.39, 0.29) is 5.82 Å². The van der Waals surface area contributed by atoms with Gasteiger partial charge in [0, 0.05) is 24.7 Å². The van der Waals surface area contributed by atoms with E-state index in [2.05, 4.69) is 27.4 Å². The number of hydrogen-bond donors (Lipinski definition) is 1. The fourth-order valence-electron chi connectivity index (χ4n) is 2.25. The first-order valence-corrected chi connectivity index (χ1v) is 7.12. The van der Waals surface area contributed by atoms with Gasteiger partial charge in [-0.15, -0.1) is 0 Å². The fraction of sp³-hybridized carbons (Fsp3) is 0.111. The molecule has 0 unspecified atom stereocenters. The Kier molecular flexibility index (Phi) is 4.39. The van der Waals surface area contributed by atoms with Crippen molar-refractivity contribution in [3.05, 3.63) is 89.6 Å². The predicted molar refractivity (Wildman–Crippen MR) is 85.0 cm³/mol. The number of benzene rings is 2. The average Bonchev–Trinajstić information content (AvgIpc) is 2.57. The lowest BCUT2D eigenvalue weighted by atomic mass is 10.1. The van der Waals surface area contributed by atoms with Gasteiger partial charge in [-0.05, 0) is 23.3 Å². The van der Waals surface area contributed by atoms with Crippen molar-refractivity contribution in [2.45, 2.75) is 13.0 Å². The van der Waals surface area contributed by atoms with E-state index >= 15 is 0 Å². The van der Waals surface area contributed by atoms with Gasteiger partial charge in [0.2, 0.25) is 0 Å². The molecule has 2 aromatic carbocycles. The van der Waals surface area contributed by atoms with E-state index in [9.17, 15) is 4.39 Å². The summed E-state index contributed by atoms with van der Waals surface area (Å²) in [4.78, 5) is 8.40. The Morgan fingerprint density at radius 3 is 2.45 bits per heavy atom. The first-order chi connectivity index (χ1) is 10.8. The van der Waals surface area contributed by atoms with Gasteiger partial charge < -0.3 is 5.32 Å². The number of hydrogen-bond acceptors (Lipinski definition) is 3. The molecule has 0 spiro atoms. The third-order valence-corrected chi connectivity index (χ3v) is 3.40. The lowest BCUT2D eigenvalue weighted by Gasteiger charge is -2.10. The zero-order valence-corrected chi connectivity index (χ0v) is 12.0. The van der Waals surface area contributed by atoms with E-state index in [1.54, 1.807) is 18.3 Å².